The highest BCUT2D eigenvalue weighted by atomic mass is 16.5. The molecule has 5 heteroatoms. The molecule has 0 aliphatic carbocycles. The van der Waals surface area contributed by atoms with Crippen molar-refractivity contribution in [2.75, 3.05) is 13.2 Å². The Labute approximate surface area is 103 Å². The van der Waals surface area contributed by atoms with Crippen molar-refractivity contribution in [3.8, 4) is 0 Å². The number of hydrogen-bond donors (Lipinski definition) is 1. The molecule has 5 nitrogen and oxygen atoms in total. The minimum Gasteiger partial charge on any atom is -0.381 e. The Kier molecular flexibility index (Phi) is 3.79. The Bertz CT molecular complexity index is 350. The van der Waals surface area contributed by atoms with Gasteiger partial charge in [0.2, 0.25) is 0 Å². The van der Waals surface area contributed by atoms with Crippen LogP contribution in [0.3, 0.4) is 0 Å². The lowest BCUT2D eigenvalue weighted by Crippen LogP contribution is -2.35. The lowest BCUT2D eigenvalue weighted by molar-refractivity contribution is 0.181. The maximum absolute atomic E-state index is 5.35. The average Bonchev–Trinajstić information content (AvgIpc) is 2.86. The smallest absolute Gasteiger partial charge is 0.0965 e. The van der Waals surface area contributed by atoms with E-state index in [1.54, 1.807) is 0 Å². The Morgan fingerprint density at radius 3 is 3.00 bits per heavy atom. The standard InChI is InChI=1S/C12H22N4O/c1-12(2,3)13-6-11-8-16(15-14-11)7-10-4-5-17-9-10/h8,10,13H,4-7,9H2,1-3H3. The molecule has 1 unspecified atom stereocenters. The second-order valence-electron chi connectivity index (χ2n) is 5.77. The van der Waals surface area contributed by atoms with Gasteiger partial charge >= 0.3 is 0 Å². The average molecular weight is 238 g/mol. The number of ether oxygens (including phenoxy) is 1. The van der Waals surface area contributed by atoms with Gasteiger partial charge in [-0.2, -0.15) is 0 Å². The molecule has 2 heterocycles. The monoisotopic (exact) mass is 238 g/mol. The minimum absolute atomic E-state index is 0.114. The fourth-order valence-corrected chi connectivity index (χ4v) is 1.86. The summed E-state index contributed by atoms with van der Waals surface area (Å²) in [4.78, 5) is 0. The molecule has 96 valence electrons. The molecule has 1 saturated heterocycles. The summed E-state index contributed by atoms with van der Waals surface area (Å²) in [6, 6.07) is 0. The van der Waals surface area contributed by atoms with Gasteiger partial charge in [0.05, 0.1) is 12.3 Å². The maximum atomic E-state index is 5.35. The molecule has 1 N–H and O–H groups in total. The summed E-state index contributed by atoms with van der Waals surface area (Å²) in [6.45, 7) is 9.87. The summed E-state index contributed by atoms with van der Waals surface area (Å²) in [7, 11) is 0. The van der Waals surface area contributed by atoms with Crippen molar-refractivity contribution in [2.24, 2.45) is 5.92 Å². The van der Waals surface area contributed by atoms with E-state index in [9.17, 15) is 0 Å². The van der Waals surface area contributed by atoms with Gasteiger partial charge in [-0.1, -0.05) is 5.21 Å². The van der Waals surface area contributed by atoms with Crippen LogP contribution in [-0.2, 0) is 17.8 Å². The van der Waals surface area contributed by atoms with Crippen LogP contribution in [0.4, 0.5) is 0 Å². The van der Waals surface area contributed by atoms with Gasteiger partial charge in [-0.3, -0.25) is 4.68 Å². The van der Waals surface area contributed by atoms with Gasteiger partial charge < -0.3 is 10.1 Å². The van der Waals surface area contributed by atoms with Crippen LogP contribution in [0.5, 0.6) is 0 Å². The Morgan fingerprint density at radius 2 is 2.35 bits per heavy atom. The zero-order chi connectivity index (χ0) is 12.3. The van der Waals surface area contributed by atoms with Crippen LogP contribution in [0.2, 0.25) is 0 Å². The molecule has 2 rings (SSSR count). The van der Waals surface area contributed by atoms with Crippen molar-refractivity contribution in [3.63, 3.8) is 0 Å². The van der Waals surface area contributed by atoms with Gasteiger partial charge in [0, 0.05) is 37.4 Å². The third kappa shape index (κ3) is 4.09. The first-order valence-electron chi connectivity index (χ1n) is 6.25. The predicted molar refractivity (Wildman–Crippen MR) is 65.5 cm³/mol. The first-order chi connectivity index (χ1) is 8.03. The van der Waals surface area contributed by atoms with Crippen LogP contribution in [0.15, 0.2) is 6.20 Å². The van der Waals surface area contributed by atoms with E-state index in [0.29, 0.717) is 5.92 Å². The fourth-order valence-electron chi connectivity index (χ4n) is 1.86. The molecule has 0 aromatic carbocycles. The maximum Gasteiger partial charge on any atom is 0.0965 e. The molecule has 1 atom stereocenters. The fraction of sp³-hybridized carbons (Fsp3) is 0.833. The van der Waals surface area contributed by atoms with E-state index >= 15 is 0 Å². The highest BCUT2D eigenvalue weighted by molar-refractivity contribution is 4.93. The summed E-state index contributed by atoms with van der Waals surface area (Å²) in [5.41, 5.74) is 1.11. The van der Waals surface area contributed by atoms with Crippen molar-refractivity contribution in [2.45, 2.75) is 45.8 Å². The second-order valence-corrected chi connectivity index (χ2v) is 5.77. The number of nitrogens with zero attached hydrogens (tertiary/aromatic N) is 3. The molecular formula is C12H22N4O. The lowest BCUT2D eigenvalue weighted by Gasteiger charge is -2.19. The van der Waals surface area contributed by atoms with Gasteiger partial charge in [-0.05, 0) is 27.2 Å². The molecule has 1 aliphatic rings. The van der Waals surface area contributed by atoms with Gasteiger partial charge in [-0.25, -0.2) is 0 Å². The van der Waals surface area contributed by atoms with E-state index in [1.165, 1.54) is 0 Å². The van der Waals surface area contributed by atoms with Crippen LogP contribution < -0.4 is 5.32 Å². The molecule has 0 spiro atoms. The molecule has 1 aromatic heterocycles. The summed E-state index contributed by atoms with van der Waals surface area (Å²) < 4.78 is 7.28. The lowest BCUT2D eigenvalue weighted by atomic mass is 10.1. The number of aromatic nitrogens is 3. The van der Waals surface area contributed by atoms with E-state index in [4.69, 9.17) is 4.74 Å². The van der Waals surface area contributed by atoms with E-state index in [0.717, 1.165) is 38.4 Å². The van der Waals surface area contributed by atoms with Gasteiger partial charge in [0.25, 0.3) is 0 Å². The molecule has 0 bridgehead atoms. The highest BCUT2D eigenvalue weighted by Crippen LogP contribution is 2.14. The Morgan fingerprint density at radius 1 is 1.53 bits per heavy atom. The Balaban J connectivity index is 1.83. The molecular weight excluding hydrogens is 216 g/mol. The van der Waals surface area contributed by atoms with Crippen LogP contribution in [0, 0.1) is 5.92 Å². The summed E-state index contributed by atoms with van der Waals surface area (Å²) in [5, 5.41) is 11.7. The summed E-state index contributed by atoms with van der Waals surface area (Å²) in [6.07, 6.45) is 3.16. The van der Waals surface area contributed by atoms with Crippen LogP contribution in [-0.4, -0.2) is 33.7 Å². The molecule has 17 heavy (non-hydrogen) atoms. The largest absolute Gasteiger partial charge is 0.381 e. The first-order valence-corrected chi connectivity index (χ1v) is 6.25. The third-order valence-corrected chi connectivity index (χ3v) is 2.86. The first kappa shape index (κ1) is 12.5. The minimum atomic E-state index is 0.114. The molecule has 1 aliphatic heterocycles. The summed E-state index contributed by atoms with van der Waals surface area (Å²) in [5.74, 6) is 0.597. The van der Waals surface area contributed by atoms with E-state index in [2.05, 4.69) is 36.4 Å². The third-order valence-electron chi connectivity index (χ3n) is 2.86. The molecule has 1 aromatic rings. The van der Waals surface area contributed by atoms with Crippen molar-refractivity contribution >= 4 is 0 Å². The van der Waals surface area contributed by atoms with Gasteiger partial charge in [0.1, 0.15) is 0 Å². The number of rotatable bonds is 4. The zero-order valence-corrected chi connectivity index (χ0v) is 10.9. The van der Waals surface area contributed by atoms with E-state index < -0.39 is 0 Å². The van der Waals surface area contributed by atoms with E-state index in [1.807, 2.05) is 10.9 Å². The van der Waals surface area contributed by atoms with E-state index in [-0.39, 0.29) is 5.54 Å². The summed E-state index contributed by atoms with van der Waals surface area (Å²) >= 11 is 0. The quantitative estimate of drug-likeness (QED) is 0.856. The SMILES string of the molecule is CC(C)(C)NCc1cn(CC2CCOC2)nn1. The van der Waals surface area contributed by atoms with Crippen molar-refractivity contribution < 1.29 is 4.74 Å². The Hall–Kier alpha value is -0.940. The molecule has 0 radical (unpaired) electrons. The van der Waals surface area contributed by atoms with Crippen LogP contribution in [0.25, 0.3) is 0 Å². The van der Waals surface area contributed by atoms with Crippen molar-refractivity contribution in [1.82, 2.24) is 20.3 Å². The van der Waals surface area contributed by atoms with Crippen LogP contribution >= 0.6 is 0 Å². The number of nitrogens with one attached hydrogen (secondary N) is 1. The molecule has 1 fully saturated rings. The molecule has 0 amide bonds. The number of hydrogen-bond acceptors (Lipinski definition) is 4. The predicted octanol–water partition coefficient (Wildman–Crippen LogP) is 1.20. The van der Waals surface area contributed by atoms with Gasteiger partial charge in [-0.15, -0.1) is 5.10 Å². The van der Waals surface area contributed by atoms with Gasteiger partial charge in [0.15, 0.2) is 0 Å². The molecule has 0 saturated carbocycles. The van der Waals surface area contributed by atoms with Crippen molar-refractivity contribution in [3.05, 3.63) is 11.9 Å². The zero-order valence-electron chi connectivity index (χ0n) is 10.9. The normalized spacial score (nSPS) is 21.0. The van der Waals surface area contributed by atoms with Crippen LogP contribution in [0.1, 0.15) is 32.9 Å². The highest BCUT2D eigenvalue weighted by Gasteiger charge is 2.17. The second kappa shape index (κ2) is 5.14. The topological polar surface area (TPSA) is 52.0 Å². The van der Waals surface area contributed by atoms with Crippen molar-refractivity contribution in [1.29, 1.82) is 0 Å².